The number of nitrogens with one attached hydrogen (secondary N) is 3. The van der Waals surface area contributed by atoms with Crippen LogP contribution in [-0.2, 0) is 6.54 Å². The summed E-state index contributed by atoms with van der Waals surface area (Å²) in [4.78, 5) is 27.8. The SMILES string of the molecule is Cc1cc(C)c(CNC(=O)c2cc(Cl)cc(NC3CCCCC3)c2C)c(=O)[nH]1. The van der Waals surface area contributed by atoms with E-state index >= 15 is 0 Å². The molecule has 2 aromatic rings. The number of aryl methyl sites for hydroxylation is 2. The Kier molecular flexibility index (Phi) is 6.45. The normalized spacial score (nSPS) is 14.7. The number of H-pyrrole nitrogens is 1. The number of halogens is 1. The number of amides is 1. The summed E-state index contributed by atoms with van der Waals surface area (Å²) in [5.41, 5.74) is 4.40. The van der Waals surface area contributed by atoms with Gasteiger partial charge in [0.25, 0.3) is 11.5 Å². The molecule has 0 unspecified atom stereocenters. The van der Waals surface area contributed by atoms with Gasteiger partial charge in [0.1, 0.15) is 0 Å². The average molecular weight is 402 g/mol. The van der Waals surface area contributed by atoms with Crippen LogP contribution in [0.5, 0.6) is 0 Å². The highest BCUT2D eigenvalue weighted by Gasteiger charge is 2.18. The summed E-state index contributed by atoms with van der Waals surface area (Å²) in [5, 5.41) is 6.96. The van der Waals surface area contributed by atoms with Gasteiger partial charge in [0.2, 0.25) is 0 Å². The second-order valence-corrected chi connectivity index (χ2v) is 8.17. The van der Waals surface area contributed by atoms with Crippen LogP contribution in [0.4, 0.5) is 5.69 Å². The zero-order chi connectivity index (χ0) is 20.3. The summed E-state index contributed by atoms with van der Waals surface area (Å²) in [6.45, 7) is 5.82. The monoisotopic (exact) mass is 401 g/mol. The highest BCUT2D eigenvalue weighted by Crippen LogP contribution is 2.28. The molecule has 6 heteroatoms. The van der Waals surface area contributed by atoms with Crippen LogP contribution in [-0.4, -0.2) is 16.9 Å². The molecule has 0 radical (unpaired) electrons. The molecule has 1 aromatic heterocycles. The lowest BCUT2D eigenvalue weighted by molar-refractivity contribution is 0.0950. The number of hydrogen-bond acceptors (Lipinski definition) is 3. The molecule has 1 fully saturated rings. The van der Waals surface area contributed by atoms with E-state index in [9.17, 15) is 9.59 Å². The molecule has 0 bridgehead atoms. The third-order valence-electron chi connectivity index (χ3n) is 5.50. The van der Waals surface area contributed by atoms with E-state index in [2.05, 4.69) is 15.6 Å². The van der Waals surface area contributed by atoms with Crippen LogP contribution in [0, 0.1) is 20.8 Å². The summed E-state index contributed by atoms with van der Waals surface area (Å²) >= 11 is 6.29. The Bertz CT molecular complexity index is 930. The third kappa shape index (κ3) is 4.76. The Labute approximate surface area is 170 Å². The number of anilines is 1. The second kappa shape index (κ2) is 8.82. The van der Waals surface area contributed by atoms with Gasteiger partial charge in [-0.3, -0.25) is 9.59 Å². The zero-order valence-electron chi connectivity index (χ0n) is 16.7. The molecular formula is C22H28ClN3O2. The predicted octanol–water partition coefficient (Wildman–Crippen LogP) is 4.63. The molecule has 1 aromatic carbocycles. The number of aromatic nitrogens is 1. The number of aromatic amines is 1. The minimum absolute atomic E-state index is 0.166. The fourth-order valence-electron chi connectivity index (χ4n) is 3.90. The minimum atomic E-state index is -0.230. The van der Waals surface area contributed by atoms with Gasteiger partial charge in [-0.2, -0.15) is 0 Å². The van der Waals surface area contributed by atoms with Gasteiger partial charge in [0, 0.05) is 40.1 Å². The van der Waals surface area contributed by atoms with Crippen molar-refractivity contribution in [2.45, 2.75) is 65.5 Å². The van der Waals surface area contributed by atoms with Crippen LogP contribution in [0.1, 0.15) is 64.8 Å². The lowest BCUT2D eigenvalue weighted by Crippen LogP contribution is -2.29. The molecular weight excluding hydrogens is 374 g/mol. The first-order valence-corrected chi connectivity index (χ1v) is 10.3. The van der Waals surface area contributed by atoms with Crippen molar-refractivity contribution in [2.24, 2.45) is 0 Å². The van der Waals surface area contributed by atoms with Crippen LogP contribution in [0.25, 0.3) is 0 Å². The van der Waals surface area contributed by atoms with Crippen LogP contribution in [0.2, 0.25) is 5.02 Å². The van der Waals surface area contributed by atoms with E-state index in [1.54, 1.807) is 6.07 Å². The molecule has 1 heterocycles. The maximum absolute atomic E-state index is 12.8. The first kappa shape index (κ1) is 20.5. The number of hydrogen-bond donors (Lipinski definition) is 3. The maximum atomic E-state index is 12.8. The number of carbonyl (C=O) groups excluding carboxylic acids is 1. The van der Waals surface area contributed by atoms with Gasteiger partial charge in [0.05, 0.1) is 0 Å². The van der Waals surface area contributed by atoms with Crippen molar-refractivity contribution >= 4 is 23.2 Å². The van der Waals surface area contributed by atoms with Crippen LogP contribution < -0.4 is 16.2 Å². The highest BCUT2D eigenvalue weighted by molar-refractivity contribution is 6.31. The molecule has 150 valence electrons. The topological polar surface area (TPSA) is 74.0 Å². The zero-order valence-corrected chi connectivity index (χ0v) is 17.5. The first-order valence-electron chi connectivity index (χ1n) is 9.89. The van der Waals surface area contributed by atoms with Crippen LogP contribution >= 0.6 is 11.6 Å². The second-order valence-electron chi connectivity index (χ2n) is 7.73. The predicted molar refractivity (Wildman–Crippen MR) is 114 cm³/mol. The molecule has 1 amide bonds. The van der Waals surface area contributed by atoms with Gasteiger partial charge in [-0.05, 0) is 62.9 Å². The van der Waals surface area contributed by atoms with Gasteiger partial charge in [0.15, 0.2) is 0 Å². The molecule has 0 aliphatic heterocycles. The molecule has 5 nitrogen and oxygen atoms in total. The Morgan fingerprint density at radius 2 is 1.86 bits per heavy atom. The summed E-state index contributed by atoms with van der Waals surface area (Å²) < 4.78 is 0. The lowest BCUT2D eigenvalue weighted by atomic mass is 9.94. The first-order chi connectivity index (χ1) is 13.3. The van der Waals surface area contributed by atoms with Crippen LogP contribution in [0.3, 0.4) is 0 Å². The fraction of sp³-hybridized carbons (Fsp3) is 0.455. The summed E-state index contributed by atoms with van der Waals surface area (Å²) in [7, 11) is 0. The fourth-order valence-corrected chi connectivity index (χ4v) is 4.12. The third-order valence-corrected chi connectivity index (χ3v) is 5.72. The molecule has 3 N–H and O–H groups in total. The largest absolute Gasteiger partial charge is 0.382 e. The standard InChI is InChI=1S/C22H28ClN3O2/c1-13-9-14(2)25-22(28)19(13)12-24-21(27)18-10-16(23)11-20(15(18)3)26-17-7-5-4-6-8-17/h9-11,17,26H,4-8,12H2,1-3H3,(H,24,27)(H,25,28). The molecule has 28 heavy (non-hydrogen) atoms. The smallest absolute Gasteiger partial charge is 0.253 e. The van der Waals surface area contributed by atoms with E-state index in [0.717, 1.165) is 35.3 Å². The van der Waals surface area contributed by atoms with Crippen LogP contribution in [0.15, 0.2) is 23.0 Å². The number of pyridine rings is 1. The van der Waals surface area contributed by atoms with Gasteiger partial charge >= 0.3 is 0 Å². The Hall–Kier alpha value is -2.27. The summed E-state index contributed by atoms with van der Waals surface area (Å²) in [6.07, 6.45) is 6.04. The van der Waals surface area contributed by atoms with Gasteiger partial charge in [-0.25, -0.2) is 0 Å². The van der Waals surface area contributed by atoms with Gasteiger partial charge in [-0.1, -0.05) is 30.9 Å². The summed E-state index contributed by atoms with van der Waals surface area (Å²) in [5.74, 6) is -0.230. The molecule has 1 aliphatic carbocycles. The Morgan fingerprint density at radius 1 is 1.14 bits per heavy atom. The number of carbonyl (C=O) groups is 1. The molecule has 0 spiro atoms. The molecule has 1 aliphatic rings. The van der Waals surface area contributed by atoms with Crippen molar-refractivity contribution in [3.05, 3.63) is 61.5 Å². The molecule has 0 atom stereocenters. The molecule has 3 rings (SSSR count). The Morgan fingerprint density at radius 3 is 2.54 bits per heavy atom. The van der Waals surface area contributed by atoms with Crippen molar-refractivity contribution in [2.75, 3.05) is 5.32 Å². The lowest BCUT2D eigenvalue weighted by Gasteiger charge is -2.25. The molecule has 0 saturated heterocycles. The number of benzene rings is 1. The Balaban J connectivity index is 1.77. The number of rotatable bonds is 5. The van der Waals surface area contributed by atoms with Crippen molar-refractivity contribution in [1.29, 1.82) is 0 Å². The van der Waals surface area contributed by atoms with E-state index < -0.39 is 0 Å². The highest BCUT2D eigenvalue weighted by atomic mass is 35.5. The molecule has 1 saturated carbocycles. The van der Waals surface area contributed by atoms with E-state index in [4.69, 9.17) is 11.6 Å². The quantitative estimate of drug-likeness (QED) is 0.683. The van der Waals surface area contributed by atoms with Crippen molar-refractivity contribution in [1.82, 2.24) is 10.3 Å². The average Bonchev–Trinajstić information content (AvgIpc) is 2.64. The van der Waals surface area contributed by atoms with Crippen molar-refractivity contribution < 1.29 is 4.79 Å². The van der Waals surface area contributed by atoms with E-state index in [-0.39, 0.29) is 18.0 Å². The van der Waals surface area contributed by atoms with E-state index in [1.165, 1.54) is 19.3 Å². The van der Waals surface area contributed by atoms with E-state index in [0.29, 0.717) is 22.2 Å². The van der Waals surface area contributed by atoms with Gasteiger partial charge in [-0.15, -0.1) is 0 Å². The maximum Gasteiger partial charge on any atom is 0.253 e. The minimum Gasteiger partial charge on any atom is -0.382 e. The van der Waals surface area contributed by atoms with E-state index in [1.807, 2.05) is 32.9 Å². The van der Waals surface area contributed by atoms with Gasteiger partial charge < -0.3 is 15.6 Å². The summed E-state index contributed by atoms with van der Waals surface area (Å²) in [6, 6.07) is 5.90. The van der Waals surface area contributed by atoms with Crippen molar-refractivity contribution in [3.63, 3.8) is 0 Å². The van der Waals surface area contributed by atoms with Crippen molar-refractivity contribution in [3.8, 4) is 0 Å².